The average Bonchev–Trinajstić information content (AvgIpc) is 3.21. The van der Waals surface area contributed by atoms with E-state index in [9.17, 15) is 24.0 Å². The zero-order valence-corrected chi connectivity index (χ0v) is 42.3. The SMILES string of the molecule is CC(C)CCC[SiH](C)C.CCCC(=O)Nc1cc(NC(=O)OC)ccc1C.CCCCCCCCCOC(=O)Nc1ccc(C)c(NC(=O)CCC)c1.CCCCN(C)C(C)=O. The van der Waals surface area contributed by atoms with E-state index in [1.54, 1.807) is 36.1 Å². The van der Waals surface area contributed by atoms with E-state index in [4.69, 9.17) is 4.74 Å². The first-order valence-electron chi connectivity index (χ1n) is 23.3. The Balaban J connectivity index is 0. The van der Waals surface area contributed by atoms with Crippen LogP contribution in [-0.4, -0.2) is 70.9 Å². The highest BCUT2D eigenvalue weighted by atomic mass is 28.3. The van der Waals surface area contributed by atoms with Crippen LogP contribution in [0.2, 0.25) is 19.1 Å². The number of hydrogen-bond donors (Lipinski definition) is 4. The number of aryl methyl sites for hydroxylation is 2. The molecule has 0 radical (unpaired) electrons. The summed E-state index contributed by atoms with van der Waals surface area (Å²) in [5, 5.41) is 11.0. The number of carbonyl (C=O) groups is 5. The van der Waals surface area contributed by atoms with Gasteiger partial charge in [0.05, 0.1) is 13.7 Å². The van der Waals surface area contributed by atoms with Crippen LogP contribution in [0.3, 0.4) is 0 Å². The molecular weight excluding hydrogens is 799 g/mol. The zero-order valence-electron chi connectivity index (χ0n) is 41.2. The van der Waals surface area contributed by atoms with Crippen molar-refractivity contribution in [2.24, 2.45) is 5.92 Å². The molecule has 2 aromatic rings. The van der Waals surface area contributed by atoms with Gasteiger partial charge in [-0.05, 0) is 80.8 Å². The van der Waals surface area contributed by atoms with Crippen molar-refractivity contribution in [2.45, 2.75) is 178 Å². The summed E-state index contributed by atoms with van der Waals surface area (Å²) < 4.78 is 9.73. The highest BCUT2D eigenvalue weighted by Gasteiger charge is 2.09. The molecule has 4 N–H and O–H groups in total. The Bertz CT molecular complexity index is 1530. The molecule has 354 valence electrons. The van der Waals surface area contributed by atoms with Crippen molar-refractivity contribution in [1.29, 1.82) is 0 Å². The number of nitrogens with one attached hydrogen (secondary N) is 4. The van der Waals surface area contributed by atoms with Crippen molar-refractivity contribution in [3.8, 4) is 0 Å². The molecule has 0 fully saturated rings. The molecule has 0 aromatic heterocycles. The topological polar surface area (TPSA) is 155 Å². The van der Waals surface area contributed by atoms with E-state index in [-0.39, 0.29) is 26.5 Å². The van der Waals surface area contributed by atoms with Crippen molar-refractivity contribution in [1.82, 2.24) is 4.90 Å². The van der Waals surface area contributed by atoms with Gasteiger partial charge in [-0.15, -0.1) is 0 Å². The number of nitrogens with zero attached hydrogens (tertiary/aromatic N) is 1. The first kappa shape index (κ1) is 59.7. The van der Waals surface area contributed by atoms with Crippen LogP contribution in [0.1, 0.15) is 156 Å². The minimum absolute atomic E-state index is 0.0192. The van der Waals surface area contributed by atoms with Gasteiger partial charge in [0.2, 0.25) is 17.7 Å². The van der Waals surface area contributed by atoms with Crippen LogP contribution >= 0.6 is 0 Å². The smallest absolute Gasteiger partial charge is 0.411 e. The first-order valence-corrected chi connectivity index (χ1v) is 26.4. The van der Waals surface area contributed by atoms with Crippen LogP contribution in [-0.2, 0) is 23.9 Å². The molecule has 5 amide bonds. The van der Waals surface area contributed by atoms with Crippen molar-refractivity contribution in [3.05, 3.63) is 47.5 Å². The fraction of sp³-hybridized carbons (Fsp3) is 0.653. The molecule has 0 spiro atoms. The van der Waals surface area contributed by atoms with Gasteiger partial charge in [0.15, 0.2) is 0 Å². The summed E-state index contributed by atoms with van der Waals surface area (Å²) in [5.74, 6) is 1.02. The van der Waals surface area contributed by atoms with E-state index in [0.29, 0.717) is 42.2 Å². The maximum Gasteiger partial charge on any atom is 0.411 e. The first-order chi connectivity index (χ1) is 29.4. The van der Waals surface area contributed by atoms with Crippen LogP contribution in [0.4, 0.5) is 32.3 Å². The fourth-order valence-corrected chi connectivity index (χ4v) is 6.63. The number of anilines is 4. The molecule has 12 nitrogen and oxygen atoms in total. The van der Waals surface area contributed by atoms with Gasteiger partial charge in [0.25, 0.3) is 0 Å². The van der Waals surface area contributed by atoms with Gasteiger partial charge >= 0.3 is 12.2 Å². The number of rotatable bonds is 23. The molecular formula is C49H87N5O7Si. The lowest BCUT2D eigenvalue weighted by atomic mass is 10.1. The van der Waals surface area contributed by atoms with Gasteiger partial charge in [0, 0.05) is 64.9 Å². The number of amides is 5. The van der Waals surface area contributed by atoms with E-state index in [2.05, 4.69) is 66.8 Å². The fourth-order valence-electron chi connectivity index (χ4n) is 5.58. The molecule has 2 aromatic carbocycles. The number of benzene rings is 2. The molecule has 0 heterocycles. The van der Waals surface area contributed by atoms with E-state index in [0.717, 1.165) is 62.1 Å². The Morgan fingerprint density at radius 2 is 1.11 bits per heavy atom. The molecule has 0 aliphatic carbocycles. The molecule has 0 aliphatic rings. The maximum absolute atomic E-state index is 11.9. The lowest BCUT2D eigenvalue weighted by molar-refractivity contribution is -0.127. The number of ether oxygens (including phenoxy) is 2. The number of carbonyl (C=O) groups excluding carboxylic acids is 5. The van der Waals surface area contributed by atoms with E-state index in [1.165, 1.54) is 58.1 Å². The van der Waals surface area contributed by atoms with Crippen molar-refractivity contribution >= 4 is 61.5 Å². The lowest BCUT2D eigenvalue weighted by Gasteiger charge is -2.12. The Morgan fingerprint density at radius 1 is 0.645 bits per heavy atom. The number of hydrogen-bond acceptors (Lipinski definition) is 7. The van der Waals surface area contributed by atoms with Crippen molar-refractivity contribution in [3.63, 3.8) is 0 Å². The Labute approximate surface area is 378 Å². The van der Waals surface area contributed by atoms with Gasteiger partial charge in [-0.2, -0.15) is 0 Å². The predicted molar refractivity (Wildman–Crippen MR) is 264 cm³/mol. The standard InChI is InChI=1S/C21H34N2O3.C13H18N2O3.C8H20Si.C7H15NO/c1-4-6-7-8-9-10-11-15-26-21(25)22-18-14-13-17(3)19(16-18)23-20(24)12-5-2;1-4-5-12(16)15-11-8-10(7-6-9(11)2)14-13(17)18-3;1-8(2)6-5-7-9(3)4;1-4-5-6-8(3)7(2)9/h13-14,16H,4-12,15H2,1-3H3,(H,22,25)(H,23,24);6-8H,4-5H2,1-3H3,(H,14,17)(H,15,16);8-9H,5-7H2,1-4H3;4-6H2,1-3H3. The molecule has 0 saturated carbocycles. The van der Waals surface area contributed by atoms with Crippen LogP contribution in [0.25, 0.3) is 0 Å². The minimum Gasteiger partial charge on any atom is -0.453 e. The minimum atomic E-state index is -0.537. The molecule has 0 aliphatic heterocycles. The largest absolute Gasteiger partial charge is 0.453 e. The Hall–Kier alpha value is -4.39. The number of methoxy groups -OCH3 is 1. The maximum atomic E-state index is 11.9. The van der Waals surface area contributed by atoms with Gasteiger partial charge in [-0.3, -0.25) is 25.0 Å². The summed E-state index contributed by atoms with van der Waals surface area (Å²) in [6.45, 7) is 24.5. The van der Waals surface area contributed by atoms with Gasteiger partial charge in [-0.1, -0.05) is 131 Å². The normalized spacial score (nSPS) is 10.2. The lowest BCUT2D eigenvalue weighted by Crippen LogP contribution is -2.24. The van der Waals surface area contributed by atoms with E-state index in [1.807, 2.05) is 46.9 Å². The summed E-state index contributed by atoms with van der Waals surface area (Å²) in [7, 11) is 2.90. The second kappa shape index (κ2) is 38.3. The van der Waals surface area contributed by atoms with Crippen LogP contribution < -0.4 is 21.3 Å². The molecule has 0 saturated heterocycles. The predicted octanol–water partition coefficient (Wildman–Crippen LogP) is 13.1. The molecule has 2 rings (SSSR count). The molecule has 0 bridgehead atoms. The third-order valence-electron chi connectivity index (χ3n) is 9.58. The highest BCUT2D eigenvalue weighted by Crippen LogP contribution is 2.22. The molecule has 0 atom stereocenters. The second-order valence-electron chi connectivity index (χ2n) is 16.7. The van der Waals surface area contributed by atoms with Crippen LogP contribution in [0, 0.1) is 19.8 Å². The zero-order chi connectivity index (χ0) is 47.3. The quantitative estimate of drug-likeness (QED) is 0.0639. The van der Waals surface area contributed by atoms with Gasteiger partial charge < -0.3 is 25.0 Å². The molecule has 13 heteroatoms. The third-order valence-corrected chi connectivity index (χ3v) is 11.1. The van der Waals surface area contributed by atoms with Gasteiger partial charge in [0.1, 0.15) is 0 Å². The van der Waals surface area contributed by atoms with E-state index < -0.39 is 12.2 Å². The highest BCUT2D eigenvalue weighted by molar-refractivity contribution is 6.55. The Morgan fingerprint density at radius 3 is 1.53 bits per heavy atom. The molecule has 62 heavy (non-hydrogen) atoms. The third kappa shape index (κ3) is 34.2. The van der Waals surface area contributed by atoms with Crippen LogP contribution in [0.15, 0.2) is 36.4 Å². The number of unbranched alkanes of at least 4 members (excludes halogenated alkanes) is 7. The summed E-state index contributed by atoms with van der Waals surface area (Å²) in [6, 6.07) is 12.3. The van der Waals surface area contributed by atoms with Gasteiger partial charge in [-0.25, -0.2) is 9.59 Å². The van der Waals surface area contributed by atoms with Crippen LogP contribution in [0.5, 0.6) is 0 Å². The van der Waals surface area contributed by atoms with E-state index >= 15 is 0 Å². The average molecular weight is 886 g/mol. The monoisotopic (exact) mass is 886 g/mol. The Kier molecular flexibility index (Phi) is 36.9. The summed E-state index contributed by atoms with van der Waals surface area (Å²) >= 11 is 0. The summed E-state index contributed by atoms with van der Waals surface area (Å²) in [5.41, 5.74) is 4.51. The summed E-state index contributed by atoms with van der Waals surface area (Å²) in [6.07, 6.45) is 15.0. The van der Waals surface area contributed by atoms with Crippen molar-refractivity contribution in [2.75, 3.05) is 48.6 Å². The molecule has 0 unspecified atom stereocenters. The second-order valence-corrected chi connectivity index (χ2v) is 20.0. The summed E-state index contributed by atoms with van der Waals surface area (Å²) in [4.78, 5) is 58.6. The van der Waals surface area contributed by atoms with Crippen molar-refractivity contribution < 1.29 is 33.4 Å².